The second-order valence-corrected chi connectivity index (χ2v) is 6.37. The SMILES string of the molecule is COc1cccc([C@@H]2NC(=O)NC(C)=C2C(=O)Nc2ccc(OC)cc2OC)c1. The van der Waals surface area contributed by atoms with Gasteiger partial charge in [0.15, 0.2) is 0 Å². The molecule has 29 heavy (non-hydrogen) atoms. The van der Waals surface area contributed by atoms with Gasteiger partial charge in [0.25, 0.3) is 5.91 Å². The van der Waals surface area contributed by atoms with Gasteiger partial charge in [0.05, 0.1) is 38.6 Å². The molecule has 1 heterocycles. The van der Waals surface area contributed by atoms with Crippen LogP contribution in [0.2, 0.25) is 0 Å². The summed E-state index contributed by atoms with van der Waals surface area (Å²) in [6.45, 7) is 1.69. The Morgan fingerprint density at radius 1 is 1.00 bits per heavy atom. The summed E-state index contributed by atoms with van der Waals surface area (Å²) >= 11 is 0. The maximum absolute atomic E-state index is 13.2. The van der Waals surface area contributed by atoms with Gasteiger partial charge in [0.2, 0.25) is 0 Å². The van der Waals surface area contributed by atoms with Crippen molar-refractivity contribution in [1.82, 2.24) is 10.6 Å². The molecule has 0 fully saturated rings. The molecule has 3 rings (SSSR count). The van der Waals surface area contributed by atoms with Crippen LogP contribution in [-0.2, 0) is 4.79 Å². The van der Waals surface area contributed by atoms with Gasteiger partial charge in [0, 0.05) is 11.8 Å². The number of allylic oxidation sites excluding steroid dienone is 1. The van der Waals surface area contributed by atoms with E-state index in [2.05, 4.69) is 16.0 Å². The van der Waals surface area contributed by atoms with E-state index in [0.717, 1.165) is 5.56 Å². The van der Waals surface area contributed by atoms with Crippen LogP contribution >= 0.6 is 0 Å². The summed E-state index contributed by atoms with van der Waals surface area (Å²) in [5.74, 6) is 1.33. The molecule has 2 aromatic carbocycles. The van der Waals surface area contributed by atoms with Crippen molar-refractivity contribution in [3.63, 3.8) is 0 Å². The monoisotopic (exact) mass is 397 g/mol. The van der Waals surface area contributed by atoms with E-state index in [9.17, 15) is 9.59 Å². The van der Waals surface area contributed by atoms with Crippen molar-refractivity contribution in [2.24, 2.45) is 0 Å². The number of ether oxygens (including phenoxy) is 3. The van der Waals surface area contributed by atoms with Crippen molar-refractivity contribution < 1.29 is 23.8 Å². The molecule has 1 aliphatic heterocycles. The van der Waals surface area contributed by atoms with Crippen molar-refractivity contribution in [2.45, 2.75) is 13.0 Å². The van der Waals surface area contributed by atoms with Gasteiger partial charge in [-0.2, -0.15) is 0 Å². The highest BCUT2D eigenvalue weighted by molar-refractivity contribution is 6.07. The number of carbonyl (C=O) groups is 2. The van der Waals surface area contributed by atoms with Crippen molar-refractivity contribution in [3.8, 4) is 17.2 Å². The molecule has 0 saturated carbocycles. The van der Waals surface area contributed by atoms with Crippen LogP contribution in [0.25, 0.3) is 0 Å². The number of urea groups is 1. The van der Waals surface area contributed by atoms with E-state index < -0.39 is 6.04 Å². The molecule has 0 aromatic heterocycles. The first-order chi connectivity index (χ1) is 14.0. The van der Waals surface area contributed by atoms with Crippen LogP contribution in [0.4, 0.5) is 10.5 Å². The first-order valence-corrected chi connectivity index (χ1v) is 8.92. The number of hydrogen-bond acceptors (Lipinski definition) is 5. The van der Waals surface area contributed by atoms with E-state index in [-0.39, 0.29) is 11.9 Å². The lowest BCUT2D eigenvalue weighted by atomic mass is 9.94. The third-order valence-corrected chi connectivity index (χ3v) is 4.60. The van der Waals surface area contributed by atoms with Crippen LogP contribution in [-0.4, -0.2) is 33.3 Å². The average molecular weight is 397 g/mol. The summed E-state index contributed by atoms with van der Waals surface area (Å²) in [6.07, 6.45) is 0. The van der Waals surface area contributed by atoms with Crippen molar-refractivity contribution in [1.29, 1.82) is 0 Å². The van der Waals surface area contributed by atoms with E-state index in [1.54, 1.807) is 57.5 Å². The minimum atomic E-state index is -0.636. The first-order valence-electron chi connectivity index (χ1n) is 8.92. The van der Waals surface area contributed by atoms with Gasteiger partial charge in [-0.05, 0) is 36.8 Å². The number of rotatable bonds is 6. The first kappa shape index (κ1) is 20.1. The standard InChI is InChI=1S/C21H23N3O5/c1-12-18(20(25)23-16-9-8-15(28-3)11-17(16)29-4)19(24-21(26)22-12)13-6-5-7-14(10-13)27-2/h5-11,19H,1-4H3,(H,23,25)(H2,22,24,26)/t19-/m0/s1. The van der Waals surface area contributed by atoms with Gasteiger partial charge in [-0.1, -0.05) is 12.1 Å². The van der Waals surface area contributed by atoms with Crippen LogP contribution in [0.5, 0.6) is 17.2 Å². The van der Waals surface area contributed by atoms with Crippen molar-refractivity contribution in [2.75, 3.05) is 26.6 Å². The molecule has 0 aliphatic carbocycles. The zero-order valence-corrected chi connectivity index (χ0v) is 16.7. The van der Waals surface area contributed by atoms with E-state index >= 15 is 0 Å². The second kappa shape index (κ2) is 8.55. The average Bonchev–Trinajstić information content (AvgIpc) is 2.73. The highest BCUT2D eigenvalue weighted by Gasteiger charge is 2.31. The quantitative estimate of drug-likeness (QED) is 0.696. The number of benzene rings is 2. The molecular weight excluding hydrogens is 374 g/mol. The van der Waals surface area contributed by atoms with Crippen molar-refractivity contribution in [3.05, 3.63) is 59.3 Å². The highest BCUT2D eigenvalue weighted by atomic mass is 16.5. The Morgan fingerprint density at radius 2 is 1.72 bits per heavy atom. The predicted molar refractivity (Wildman–Crippen MR) is 108 cm³/mol. The molecule has 0 unspecified atom stereocenters. The predicted octanol–water partition coefficient (Wildman–Crippen LogP) is 2.98. The Hall–Kier alpha value is -3.68. The lowest BCUT2D eigenvalue weighted by Crippen LogP contribution is -2.46. The molecule has 8 nitrogen and oxygen atoms in total. The Morgan fingerprint density at radius 3 is 2.41 bits per heavy atom. The lowest BCUT2D eigenvalue weighted by molar-refractivity contribution is -0.113. The number of anilines is 1. The minimum absolute atomic E-state index is 0.369. The molecular formula is C21H23N3O5. The summed E-state index contributed by atoms with van der Waals surface area (Å²) in [5, 5.41) is 8.32. The molecule has 0 spiro atoms. The summed E-state index contributed by atoms with van der Waals surface area (Å²) in [5.41, 5.74) is 2.06. The Balaban J connectivity index is 1.96. The van der Waals surface area contributed by atoms with E-state index in [1.165, 1.54) is 7.11 Å². The summed E-state index contributed by atoms with van der Waals surface area (Å²) in [7, 11) is 4.62. The van der Waals surface area contributed by atoms with Crippen LogP contribution in [0, 0.1) is 0 Å². The Bertz CT molecular complexity index is 971. The fraction of sp³-hybridized carbons (Fsp3) is 0.238. The molecule has 3 N–H and O–H groups in total. The topological polar surface area (TPSA) is 97.9 Å². The normalized spacial score (nSPS) is 15.9. The smallest absolute Gasteiger partial charge is 0.319 e. The van der Waals surface area contributed by atoms with E-state index in [4.69, 9.17) is 14.2 Å². The number of carbonyl (C=O) groups excluding carboxylic acids is 2. The summed E-state index contributed by atoms with van der Waals surface area (Å²) in [6, 6.07) is 11.3. The number of hydrogen-bond donors (Lipinski definition) is 3. The molecule has 152 valence electrons. The number of nitrogens with one attached hydrogen (secondary N) is 3. The van der Waals surface area contributed by atoms with Gasteiger partial charge < -0.3 is 30.2 Å². The molecule has 0 bridgehead atoms. The maximum Gasteiger partial charge on any atom is 0.319 e. The Labute approximate surface area is 168 Å². The van der Waals surface area contributed by atoms with Crippen molar-refractivity contribution >= 4 is 17.6 Å². The molecule has 0 radical (unpaired) electrons. The lowest BCUT2D eigenvalue weighted by Gasteiger charge is -2.29. The molecule has 3 amide bonds. The van der Waals surface area contributed by atoms with Gasteiger partial charge in [-0.15, -0.1) is 0 Å². The van der Waals surface area contributed by atoms with Crippen LogP contribution in [0.1, 0.15) is 18.5 Å². The number of methoxy groups -OCH3 is 3. The molecule has 8 heteroatoms. The zero-order chi connectivity index (χ0) is 21.0. The third kappa shape index (κ3) is 4.26. The summed E-state index contributed by atoms with van der Waals surface area (Å²) in [4.78, 5) is 25.2. The van der Waals surface area contributed by atoms with Crippen LogP contribution < -0.4 is 30.2 Å². The van der Waals surface area contributed by atoms with Gasteiger partial charge in [0.1, 0.15) is 17.2 Å². The second-order valence-electron chi connectivity index (χ2n) is 6.37. The highest BCUT2D eigenvalue weighted by Crippen LogP contribution is 2.33. The molecule has 1 aliphatic rings. The van der Waals surface area contributed by atoms with E-state index in [1.807, 2.05) is 6.07 Å². The zero-order valence-electron chi connectivity index (χ0n) is 16.7. The van der Waals surface area contributed by atoms with E-state index in [0.29, 0.717) is 34.2 Å². The largest absolute Gasteiger partial charge is 0.497 e. The molecule has 2 aromatic rings. The minimum Gasteiger partial charge on any atom is -0.497 e. The van der Waals surface area contributed by atoms with Gasteiger partial charge >= 0.3 is 6.03 Å². The fourth-order valence-electron chi connectivity index (χ4n) is 3.16. The Kier molecular flexibility index (Phi) is 5.92. The molecule has 1 atom stereocenters. The maximum atomic E-state index is 13.2. The van der Waals surface area contributed by atoms with Gasteiger partial charge in [-0.25, -0.2) is 4.79 Å². The van der Waals surface area contributed by atoms with Crippen LogP contribution in [0.15, 0.2) is 53.7 Å². The molecule has 0 saturated heterocycles. The third-order valence-electron chi connectivity index (χ3n) is 4.60. The van der Waals surface area contributed by atoms with Gasteiger partial charge in [-0.3, -0.25) is 4.79 Å². The van der Waals surface area contributed by atoms with Crippen LogP contribution in [0.3, 0.4) is 0 Å². The fourth-order valence-corrected chi connectivity index (χ4v) is 3.16. The summed E-state index contributed by atoms with van der Waals surface area (Å²) < 4.78 is 15.8. The number of amides is 3.